The maximum atomic E-state index is 12.3. The Labute approximate surface area is 263 Å². The molecule has 12 heteroatoms. The average molecular weight is 611 g/mol. The summed E-state index contributed by atoms with van der Waals surface area (Å²) in [4.78, 5) is 43.5. The molecule has 0 spiro atoms. The van der Waals surface area contributed by atoms with Crippen molar-refractivity contribution in [2.75, 3.05) is 62.7 Å². The number of aromatic nitrogens is 3. The number of Topliss-reactive ketones (excluding diaryl/α,β-unsaturated/α-hetero) is 1. The van der Waals surface area contributed by atoms with Crippen molar-refractivity contribution in [3.63, 3.8) is 0 Å². The molecule has 6 rings (SSSR count). The van der Waals surface area contributed by atoms with Gasteiger partial charge in [-0.3, -0.25) is 9.69 Å². The number of nitrogens with one attached hydrogen (secondary N) is 1. The topological polar surface area (TPSA) is 137 Å². The largest absolute Gasteiger partial charge is 0.489 e. The van der Waals surface area contributed by atoms with E-state index in [4.69, 9.17) is 9.47 Å². The van der Waals surface area contributed by atoms with Crippen molar-refractivity contribution >= 4 is 29.0 Å². The number of ether oxygens (including phenoxy) is 2. The number of carbonyl (C=O) groups is 2. The molecule has 0 bridgehead atoms. The van der Waals surface area contributed by atoms with Crippen LogP contribution < -0.4 is 15.0 Å². The van der Waals surface area contributed by atoms with Gasteiger partial charge in [0, 0.05) is 81.9 Å². The van der Waals surface area contributed by atoms with Crippen LogP contribution in [-0.2, 0) is 14.3 Å². The van der Waals surface area contributed by atoms with E-state index < -0.39 is 0 Å². The second kappa shape index (κ2) is 14.0. The first-order chi connectivity index (χ1) is 21.9. The minimum atomic E-state index is -0.105. The van der Waals surface area contributed by atoms with Crippen molar-refractivity contribution in [2.45, 2.75) is 44.8 Å². The van der Waals surface area contributed by atoms with Gasteiger partial charge in [0.2, 0.25) is 11.9 Å². The van der Waals surface area contributed by atoms with E-state index in [0.717, 1.165) is 45.1 Å². The van der Waals surface area contributed by atoms with E-state index in [9.17, 15) is 14.9 Å². The average Bonchev–Trinajstić information content (AvgIpc) is 3.04. The first-order valence-electron chi connectivity index (χ1n) is 15.6. The number of nitrogens with zero attached hydrogens (tertiary/aromatic N) is 7. The van der Waals surface area contributed by atoms with Gasteiger partial charge in [0.05, 0.1) is 24.8 Å². The lowest BCUT2D eigenvalue weighted by Gasteiger charge is -2.43. The molecule has 0 aliphatic carbocycles. The fourth-order valence-electron chi connectivity index (χ4n) is 5.86. The van der Waals surface area contributed by atoms with Gasteiger partial charge < -0.3 is 29.4 Å². The number of anilines is 3. The molecule has 3 aromatic rings. The second-order valence-electron chi connectivity index (χ2n) is 11.7. The summed E-state index contributed by atoms with van der Waals surface area (Å²) in [5.74, 6) is 1.36. The number of rotatable bonds is 10. The summed E-state index contributed by atoms with van der Waals surface area (Å²) >= 11 is 0. The molecule has 234 valence electrons. The van der Waals surface area contributed by atoms with Gasteiger partial charge in [-0.05, 0) is 49.4 Å². The number of piperazine rings is 1. The monoisotopic (exact) mass is 610 g/mol. The van der Waals surface area contributed by atoms with E-state index in [2.05, 4.69) is 48.3 Å². The predicted octanol–water partition coefficient (Wildman–Crippen LogP) is 3.41. The van der Waals surface area contributed by atoms with Crippen LogP contribution in [0.2, 0.25) is 0 Å². The molecule has 45 heavy (non-hydrogen) atoms. The van der Waals surface area contributed by atoms with E-state index in [-0.39, 0.29) is 30.6 Å². The van der Waals surface area contributed by atoms with Crippen molar-refractivity contribution in [2.24, 2.45) is 0 Å². The molecule has 3 aliphatic heterocycles. The molecule has 3 fully saturated rings. The van der Waals surface area contributed by atoms with Crippen molar-refractivity contribution in [3.05, 3.63) is 54.4 Å². The molecule has 3 aliphatic rings. The summed E-state index contributed by atoms with van der Waals surface area (Å²) < 4.78 is 11.5. The molecule has 1 amide bonds. The Bertz CT molecular complexity index is 1540. The fourth-order valence-corrected chi connectivity index (χ4v) is 5.86. The van der Waals surface area contributed by atoms with Gasteiger partial charge in [-0.25, -0.2) is 9.97 Å². The Balaban J connectivity index is 1.04. The Morgan fingerprint density at radius 3 is 2.42 bits per heavy atom. The van der Waals surface area contributed by atoms with E-state index in [0.29, 0.717) is 60.6 Å². The van der Waals surface area contributed by atoms with Crippen LogP contribution in [0.5, 0.6) is 5.75 Å². The molecule has 0 saturated carbocycles. The van der Waals surface area contributed by atoms with Crippen LogP contribution in [0.1, 0.15) is 38.2 Å². The standard InChI is InChI=1S/C33H38N8O4/c1-23(42)2-9-31(43)41-12-10-29(11-13-41)45-30-8-3-24(18-25(30)19-34)32-35-22-36-33(38-32)37-26-4-6-27(7-5-26)39-14-16-40(17-15-39)28-20-44-21-28/h3-8,18,22,28-29H,2,9-17,20-21H2,1H3,(H,35,36,37,38). The van der Waals surface area contributed by atoms with E-state index in [1.165, 1.54) is 18.9 Å². The summed E-state index contributed by atoms with van der Waals surface area (Å²) in [7, 11) is 0. The highest BCUT2D eigenvalue weighted by atomic mass is 16.5. The molecule has 0 radical (unpaired) electrons. The van der Waals surface area contributed by atoms with E-state index in [1.54, 1.807) is 17.0 Å². The zero-order chi connectivity index (χ0) is 31.2. The summed E-state index contributed by atoms with van der Waals surface area (Å²) in [5, 5.41) is 13.1. The second-order valence-corrected chi connectivity index (χ2v) is 11.7. The zero-order valence-electron chi connectivity index (χ0n) is 25.5. The van der Waals surface area contributed by atoms with Crippen LogP contribution in [0.3, 0.4) is 0 Å². The number of amides is 1. The maximum Gasteiger partial charge on any atom is 0.230 e. The van der Waals surface area contributed by atoms with Crippen LogP contribution in [-0.4, -0.2) is 101 Å². The third-order valence-corrected chi connectivity index (χ3v) is 8.65. The van der Waals surface area contributed by atoms with Crippen molar-refractivity contribution in [3.8, 4) is 23.2 Å². The number of piperidine rings is 1. The fraction of sp³-hybridized carbons (Fsp3) is 0.455. The first-order valence-corrected chi connectivity index (χ1v) is 15.6. The smallest absolute Gasteiger partial charge is 0.230 e. The highest BCUT2D eigenvalue weighted by Crippen LogP contribution is 2.28. The highest BCUT2D eigenvalue weighted by Gasteiger charge is 2.29. The molecule has 1 aromatic heterocycles. The van der Waals surface area contributed by atoms with Gasteiger partial charge in [-0.1, -0.05) is 0 Å². The van der Waals surface area contributed by atoms with E-state index >= 15 is 0 Å². The number of likely N-dealkylation sites (tertiary alicyclic amines) is 1. The van der Waals surface area contributed by atoms with Crippen molar-refractivity contribution in [1.82, 2.24) is 24.8 Å². The van der Waals surface area contributed by atoms with Gasteiger partial charge in [-0.15, -0.1) is 0 Å². The lowest BCUT2D eigenvalue weighted by molar-refractivity contribution is -0.134. The summed E-state index contributed by atoms with van der Waals surface area (Å²) in [5.41, 5.74) is 3.13. The molecule has 1 N–H and O–H groups in total. The Morgan fingerprint density at radius 1 is 1.00 bits per heavy atom. The van der Waals surface area contributed by atoms with Gasteiger partial charge >= 0.3 is 0 Å². The molecular weight excluding hydrogens is 572 g/mol. The van der Waals surface area contributed by atoms with Gasteiger partial charge in [0.1, 0.15) is 30.0 Å². The van der Waals surface area contributed by atoms with Crippen LogP contribution >= 0.6 is 0 Å². The molecule has 12 nitrogen and oxygen atoms in total. The SMILES string of the molecule is CC(=O)CCC(=O)N1CCC(Oc2ccc(-c3ncnc(Nc4ccc(N5CCN(C6COC6)CC5)cc4)n3)cc2C#N)CC1. The third-order valence-electron chi connectivity index (χ3n) is 8.65. The minimum Gasteiger partial charge on any atom is -0.489 e. The summed E-state index contributed by atoms with van der Waals surface area (Å²) in [6.45, 7) is 8.44. The van der Waals surface area contributed by atoms with Crippen LogP contribution in [0.4, 0.5) is 17.3 Å². The number of benzene rings is 2. The van der Waals surface area contributed by atoms with Crippen LogP contribution in [0.25, 0.3) is 11.4 Å². The minimum absolute atomic E-state index is 0.00147. The Hall–Kier alpha value is -4.60. The molecule has 4 heterocycles. The Morgan fingerprint density at radius 2 is 1.76 bits per heavy atom. The van der Waals surface area contributed by atoms with Gasteiger partial charge in [0.15, 0.2) is 5.82 Å². The number of nitriles is 1. The van der Waals surface area contributed by atoms with Crippen LogP contribution in [0, 0.1) is 11.3 Å². The normalized spacial score (nSPS) is 17.8. The lowest BCUT2D eigenvalue weighted by Crippen LogP contribution is -2.56. The van der Waals surface area contributed by atoms with Crippen molar-refractivity contribution in [1.29, 1.82) is 5.26 Å². The van der Waals surface area contributed by atoms with Crippen LogP contribution in [0.15, 0.2) is 48.8 Å². The van der Waals surface area contributed by atoms with E-state index in [1.807, 2.05) is 18.2 Å². The summed E-state index contributed by atoms with van der Waals surface area (Å²) in [6.07, 6.45) is 3.19. The van der Waals surface area contributed by atoms with Gasteiger partial charge in [0.25, 0.3) is 0 Å². The quantitative estimate of drug-likeness (QED) is 0.362. The molecule has 0 unspecified atom stereocenters. The number of ketones is 1. The molecule has 3 saturated heterocycles. The zero-order valence-corrected chi connectivity index (χ0v) is 25.5. The molecular formula is C33H38N8O4. The third kappa shape index (κ3) is 7.56. The lowest BCUT2D eigenvalue weighted by atomic mass is 10.1. The number of hydrogen-bond donors (Lipinski definition) is 1. The van der Waals surface area contributed by atoms with Crippen molar-refractivity contribution < 1.29 is 19.1 Å². The number of carbonyl (C=O) groups excluding carboxylic acids is 2. The first kappa shape index (κ1) is 30.4. The molecule has 2 aromatic carbocycles. The molecule has 0 atom stereocenters. The van der Waals surface area contributed by atoms with Gasteiger partial charge in [-0.2, -0.15) is 10.2 Å². The maximum absolute atomic E-state index is 12.3. The predicted molar refractivity (Wildman–Crippen MR) is 168 cm³/mol. The number of hydrogen-bond acceptors (Lipinski definition) is 11. The Kier molecular flexibility index (Phi) is 9.47. The highest BCUT2D eigenvalue weighted by molar-refractivity contribution is 5.83. The summed E-state index contributed by atoms with van der Waals surface area (Å²) in [6, 6.07) is 16.4.